The van der Waals surface area contributed by atoms with Gasteiger partial charge in [0.2, 0.25) is 5.91 Å². The van der Waals surface area contributed by atoms with Crippen LogP contribution in [0.1, 0.15) is 12.8 Å². The summed E-state index contributed by atoms with van der Waals surface area (Å²) in [5.74, 6) is 1.86. The first-order chi connectivity index (χ1) is 12.8. The molecule has 2 aliphatic rings. The maximum atomic E-state index is 12.3. The summed E-state index contributed by atoms with van der Waals surface area (Å²) in [6.07, 6.45) is 3.32. The van der Waals surface area contributed by atoms with Gasteiger partial charge in [-0.25, -0.2) is 4.98 Å². The van der Waals surface area contributed by atoms with Crippen molar-refractivity contribution in [3.05, 3.63) is 23.7 Å². The van der Waals surface area contributed by atoms with Crippen LogP contribution in [-0.4, -0.2) is 60.5 Å². The van der Waals surface area contributed by atoms with E-state index in [9.17, 15) is 4.79 Å². The fourth-order valence-corrected chi connectivity index (χ4v) is 3.84. The van der Waals surface area contributed by atoms with Gasteiger partial charge in [-0.1, -0.05) is 0 Å². The number of morpholine rings is 1. The van der Waals surface area contributed by atoms with Gasteiger partial charge in [-0.3, -0.25) is 4.79 Å². The monoisotopic (exact) mass is 374 g/mol. The number of nitrogens with zero attached hydrogens (tertiary/aromatic N) is 5. The number of piperidine rings is 1. The van der Waals surface area contributed by atoms with Crippen LogP contribution < -0.4 is 15.1 Å². The molecule has 0 aliphatic carbocycles. The Balaban J connectivity index is 1.30. The second-order valence-corrected chi connectivity index (χ2v) is 7.33. The molecule has 4 heterocycles. The summed E-state index contributed by atoms with van der Waals surface area (Å²) in [6, 6.07) is 4.04. The predicted octanol–water partition coefficient (Wildman–Crippen LogP) is 1.62. The Morgan fingerprint density at radius 1 is 1.08 bits per heavy atom. The molecule has 1 N–H and O–H groups in total. The zero-order valence-corrected chi connectivity index (χ0v) is 15.3. The first kappa shape index (κ1) is 17.2. The summed E-state index contributed by atoms with van der Waals surface area (Å²) >= 11 is 1.44. The third kappa shape index (κ3) is 3.94. The fraction of sp³-hybridized carbons (Fsp3) is 0.529. The number of aromatic nitrogens is 3. The summed E-state index contributed by atoms with van der Waals surface area (Å²) in [5, 5.41) is 14.2. The smallest absolute Gasteiger partial charge is 0.229 e. The molecule has 26 heavy (non-hydrogen) atoms. The van der Waals surface area contributed by atoms with E-state index in [-0.39, 0.29) is 11.8 Å². The van der Waals surface area contributed by atoms with E-state index in [1.807, 2.05) is 17.5 Å². The van der Waals surface area contributed by atoms with E-state index < -0.39 is 0 Å². The molecular formula is C17H22N6O2S. The lowest BCUT2D eigenvalue weighted by Crippen LogP contribution is -2.39. The summed E-state index contributed by atoms with van der Waals surface area (Å²) in [7, 11) is 0. The maximum Gasteiger partial charge on any atom is 0.229 e. The van der Waals surface area contributed by atoms with Crippen LogP contribution in [0.15, 0.2) is 23.7 Å². The number of thiazole rings is 1. The van der Waals surface area contributed by atoms with Crippen molar-refractivity contribution in [1.82, 2.24) is 15.2 Å². The lowest BCUT2D eigenvalue weighted by molar-refractivity contribution is -0.120. The molecule has 1 amide bonds. The highest BCUT2D eigenvalue weighted by Crippen LogP contribution is 2.24. The van der Waals surface area contributed by atoms with Crippen molar-refractivity contribution in [2.45, 2.75) is 12.8 Å². The van der Waals surface area contributed by atoms with Gasteiger partial charge < -0.3 is 19.9 Å². The van der Waals surface area contributed by atoms with Crippen molar-refractivity contribution in [2.75, 3.05) is 54.5 Å². The largest absolute Gasteiger partial charge is 0.378 e. The average molecular weight is 374 g/mol. The van der Waals surface area contributed by atoms with Crippen LogP contribution in [0.4, 0.5) is 16.8 Å². The normalized spacial score (nSPS) is 18.8. The van der Waals surface area contributed by atoms with Gasteiger partial charge in [-0.2, -0.15) is 0 Å². The first-order valence-electron chi connectivity index (χ1n) is 8.91. The van der Waals surface area contributed by atoms with Gasteiger partial charge in [0.1, 0.15) is 0 Å². The molecule has 9 heteroatoms. The van der Waals surface area contributed by atoms with Gasteiger partial charge in [0.15, 0.2) is 16.8 Å². The molecular weight excluding hydrogens is 352 g/mol. The molecule has 0 unspecified atom stereocenters. The van der Waals surface area contributed by atoms with Crippen LogP contribution >= 0.6 is 11.3 Å². The number of carbonyl (C=O) groups is 1. The molecule has 2 saturated heterocycles. The molecule has 2 fully saturated rings. The molecule has 0 atom stereocenters. The second-order valence-electron chi connectivity index (χ2n) is 6.44. The Labute approximate surface area is 156 Å². The minimum absolute atomic E-state index is 0.0238. The highest BCUT2D eigenvalue weighted by molar-refractivity contribution is 7.13. The average Bonchev–Trinajstić information content (AvgIpc) is 3.22. The minimum atomic E-state index is 0.0238. The molecule has 0 bridgehead atoms. The van der Waals surface area contributed by atoms with Crippen molar-refractivity contribution < 1.29 is 9.53 Å². The quantitative estimate of drug-likeness (QED) is 0.871. The Kier molecular flexibility index (Phi) is 5.26. The SMILES string of the molecule is O=C(Nc1nccs1)C1CCN(c2ccc(N3CCOCC3)nn2)CC1. The van der Waals surface area contributed by atoms with Crippen molar-refractivity contribution in [1.29, 1.82) is 0 Å². The molecule has 2 aromatic rings. The van der Waals surface area contributed by atoms with Gasteiger partial charge in [0.25, 0.3) is 0 Å². The molecule has 0 aromatic carbocycles. The number of hydrogen-bond acceptors (Lipinski definition) is 8. The molecule has 4 rings (SSSR count). The second kappa shape index (κ2) is 7.96. The highest BCUT2D eigenvalue weighted by Gasteiger charge is 2.26. The van der Waals surface area contributed by atoms with Crippen LogP contribution in [0.25, 0.3) is 0 Å². The Bertz CT molecular complexity index is 709. The number of ether oxygens (including phenoxy) is 1. The molecule has 2 aromatic heterocycles. The van der Waals surface area contributed by atoms with Crippen molar-refractivity contribution >= 4 is 34.0 Å². The van der Waals surface area contributed by atoms with Crippen molar-refractivity contribution in [3.8, 4) is 0 Å². The fourth-order valence-electron chi connectivity index (χ4n) is 3.31. The zero-order valence-electron chi connectivity index (χ0n) is 14.5. The summed E-state index contributed by atoms with van der Waals surface area (Å²) in [4.78, 5) is 20.8. The third-order valence-corrected chi connectivity index (χ3v) is 5.51. The topological polar surface area (TPSA) is 83.5 Å². The van der Waals surface area contributed by atoms with Crippen LogP contribution in [-0.2, 0) is 9.53 Å². The molecule has 138 valence electrons. The standard InChI is InChI=1S/C17H22N6O2S/c24-16(19-17-18-5-12-26-17)13-3-6-22(7-4-13)14-1-2-15(21-20-14)23-8-10-25-11-9-23/h1-2,5,12-13H,3-4,6-11H2,(H,18,19,24). The summed E-state index contributed by atoms with van der Waals surface area (Å²) in [6.45, 7) is 4.80. The van der Waals surface area contributed by atoms with Gasteiger partial charge in [-0.05, 0) is 25.0 Å². The van der Waals surface area contributed by atoms with E-state index in [2.05, 4.69) is 30.3 Å². The van der Waals surface area contributed by atoms with Crippen molar-refractivity contribution in [3.63, 3.8) is 0 Å². The lowest BCUT2D eigenvalue weighted by Gasteiger charge is -2.32. The highest BCUT2D eigenvalue weighted by atomic mass is 32.1. The van der Waals surface area contributed by atoms with Crippen LogP contribution in [0, 0.1) is 5.92 Å². The number of carbonyl (C=O) groups excluding carboxylic acids is 1. The molecule has 0 saturated carbocycles. The predicted molar refractivity (Wildman–Crippen MR) is 101 cm³/mol. The van der Waals surface area contributed by atoms with Crippen LogP contribution in [0.5, 0.6) is 0 Å². The molecule has 8 nitrogen and oxygen atoms in total. The van der Waals surface area contributed by atoms with Crippen molar-refractivity contribution in [2.24, 2.45) is 5.92 Å². The number of hydrogen-bond donors (Lipinski definition) is 1. The van der Waals surface area contributed by atoms with Gasteiger partial charge in [-0.15, -0.1) is 21.5 Å². The Hall–Kier alpha value is -2.26. The number of nitrogens with one attached hydrogen (secondary N) is 1. The van der Waals surface area contributed by atoms with Gasteiger partial charge in [0, 0.05) is 43.7 Å². The van der Waals surface area contributed by atoms with E-state index in [0.29, 0.717) is 5.13 Å². The number of anilines is 3. The Morgan fingerprint density at radius 2 is 1.73 bits per heavy atom. The lowest BCUT2D eigenvalue weighted by atomic mass is 9.96. The van der Waals surface area contributed by atoms with E-state index in [0.717, 1.165) is 63.9 Å². The minimum Gasteiger partial charge on any atom is -0.378 e. The molecule has 0 radical (unpaired) electrons. The number of amides is 1. The van der Waals surface area contributed by atoms with Gasteiger partial charge in [0.05, 0.1) is 13.2 Å². The Morgan fingerprint density at radius 3 is 2.31 bits per heavy atom. The maximum absolute atomic E-state index is 12.3. The number of rotatable bonds is 4. The first-order valence-corrected chi connectivity index (χ1v) is 9.79. The third-order valence-electron chi connectivity index (χ3n) is 4.82. The summed E-state index contributed by atoms with van der Waals surface area (Å²) < 4.78 is 5.37. The van der Waals surface area contributed by atoms with E-state index in [1.54, 1.807) is 6.20 Å². The zero-order chi connectivity index (χ0) is 17.8. The van der Waals surface area contributed by atoms with E-state index in [4.69, 9.17) is 4.74 Å². The molecule has 2 aliphatic heterocycles. The van der Waals surface area contributed by atoms with Crippen LogP contribution in [0.2, 0.25) is 0 Å². The summed E-state index contributed by atoms with van der Waals surface area (Å²) in [5.41, 5.74) is 0. The van der Waals surface area contributed by atoms with E-state index >= 15 is 0 Å². The molecule has 0 spiro atoms. The van der Waals surface area contributed by atoms with Crippen LogP contribution in [0.3, 0.4) is 0 Å². The van der Waals surface area contributed by atoms with Gasteiger partial charge >= 0.3 is 0 Å². The van der Waals surface area contributed by atoms with E-state index in [1.165, 1.54) is 11.3 Å².